The molecule has 0 aromatic carbocycles. The summed E-state index contributed by atoms with van der Waals surface area (Å²) in [5.41, 5.74) is 0.689. The van der Waals surface area contributed by atoms with E-state index in [9.17, 15) is 0 Å². The molecule has 4 nitrogen and oxygen atoms in total. The molecular formula is C14H17N3OS. The van der Waals surface area contributed by atoms with Gasteiger partial charge in [-0.2, -0.15) is 17.0 Å². The van der Waals surface area contributed by atoms with Crippen LogP contribution in [0.2, 0.25) is 0 Å². The smallest absolute Gasteiger partial charge is 0.126 e. The first-order chi connectivity index (χ1) is 9.30. The number of nitrogens with one attached hydrogen (secondary N) is 1. The first-order valence-corrected chi connectivity index (χ1v) is 7.80. The number of nitriles is 1. The maximum absolute atomic E-state index is 8.76. The summed E-state index contributed by atoms with van der Waals surface area (Å²) in [6.45, 7) is 0.828. The summed E-state index contributed by atoms with van der Waals surface area (Å²) in [5, 5.41) is 12.2. The molecule has 0 amide bonds. The second kappa shape index (κ2) is 5.40. The molecule has 0 radical (unpaired) electrons. The third-order valence-electron chi connectivity index (χ3n) is 3.80. The zero-order valence-corrected chi connectivity index (χ0v) is 11.6. The summed E-state index contributed by atoms with van der Waals surface area (Å²) in [4.78, 5) is 4.28. The third kappa shape index (κ3) is 2.85. The van der Waals surface area contributed by atoms with Crippen LogP contribution in [0.25, 0.3) is 0 Å². The summed E-state index contributed by atoms with van der Waals surface area (Å²) >= 11 is 1.99. The largest absolute Gasteiger partial charge is 0.374 e. The number of pyridine rings is 1. The monoisotopic (exact) mass is 275 g/mol. The van der Waals surface area contributed by atoms with E-state index in [2.05, 4.69) is 16.4 Å². The maximum Gasteiger partial charge on any atom is 0.126 e. The number of hydrogen-bond donors (Lipinski definition) is 1. The minimum absolute atomic E-state index is 0.0905. The number of hydrogen-bond acceptors (Lipinski definition) is 5. The van der Waals surface area contributed by atoms with Crippen LogP contribution in [0.4, 0.5) is 5.82 Å². The molecule has 100 valence electrons. The quantitative estimate of drug-likeness (QED) is 0.898. The highest BCUT2D eigenvalue weighted by Gasteiger charge is 2.40. The number of thioether (sulfide) groups is 1. The van der Waals surface area contributed by atoms with Crippen LogP contribution in [0.1, 0.15) is 24.8 Å². The number of rotatable bonds is 2. The molecule has 19 heavy (non-hydrogen) atoms. The van der Waals surface area contributed by atoms with Gasteiger partial charge in [0.25, 0.3) is 0 Å². The fourth-order valence-corrected chi connectivity index (χ4v) is 4.15. The van der Waals surface area contributed by atoms with Gasteiger partial charge in [0.15, 0.2) is 0 Å². The summed E-state index contributed by atoms with van der Waals surface area (Å²) < 4.78 is 6.01. The van der Waals surface area contributed by atoms with E-state index in [0.717, 1.165) is 37.4 Å². The summed E-state index contributed by atoms with van der Waals surface area (Å²) in [5.74, 6) is 3.18. The predicted octanol–water partition coefficient (Wildman–Crippen LogP) is 2.42. The van der Waals surface area contributed by atoms with Crippen LogP contribution in [0.5, 0.6) is 0 Å². The second-order valence-electron chi connectivity index (χ2n) is 5.21. The van der Waals surface area contributed by atoms with Crippen LogP contribution in [0, 0.1) is 11.3 Å². The summed E-state index contributed by atoms with van der Waals surface area (Å²) in [7, 11) is 0. The normalized spacial score (nSPS) is 30.2. The first-order valence-electron chi connectivity index (χ1n) is 6.64. The van der Waals surface area contributed by atoms with Gasteiger partial charge in [0, 0.05) is 24.6 Å². The highest BCUT2D eigenvalue weighted by molar-refractivity contribution is 7.99. The average Bonchev–Trinajstić information content (AvgIpc) is 2.88. The van der Waals surface area contributed by atoms with E-state index >= 15 is 0 Å². The van der Waals surface area contributed by atoms with Crippen molar-refractivity contribution in [2.45, 2.75) is 30.9 Å². The van der Waals surface area contributed by atoms with Crippen molar-refractivity contribution >= 4 is 17.6 Å². The molecule has 1 N–H and O–H groups in total. The van der Waals surface area contributed by atoms with Crippen molar-refractivity contribution in [2.24, 2.45) is 0 Å². The van der Waals surface area contributed by atoms with Crippen molar-refractivity contribution in [1.29, 1.82) is 5.26 Å². The molecule has 2 unspecified atom stereocenters. The van der Waals surface area contributed by atoms with Gasteiger partial charge >= 0.3 is 0 Å². The lowest BCUT2D eigenvalue weighted by Crippen LogP contribution is -2.44. The molecule has 3 heterocycles. The molecule has 2 saturated heterocycles. The standard InChI is InChI=1S/C14H17N3OS/c15-8-11-1-2-13(16-9-11)17-12-3-5-18-14(7-12)4-6-19-10-14/h1-2,9,12H,3-7,10H2,(H,16,17). The molecule has 1 aromatic rings. The van der Waals surface area contributed by atoms with Crippen LogP contribution >= 0.6 is 11.8 Å². The molecule has 2 atom stereocenters. The minimum Gasteiger partial charge on any atom is -0.374 e. The van der Waals surface area contributed by atoms with Crippen molar-refractivity contribution in [2.75, 3.05) is 23.4 Å². The Bertz CT molecular complexity index is 476. The Morgan fingerprint density at radius 2 is 2.47 bits per heavy atom. The topological polar surface area (TPSA) is 57.9 Å². The molecule has 0 saturated carbocycles. The molecule has 2 aliphatic rings. The Morgan fingerprint density at radius 1 is 1.53 bits per heavy atom. The molecular weight excluding hydrogens is 258 g/mol. The fraction of sp³-hybridized carbons (Fsp3) is 0.571. The SMILES string of the molecule is N#Cc1ccc(NC2CCOC3(CCSC3)C2)nc1. The van der Waals surface area contributed by atoms with Crippen LogP contribution < -0.4 is 5.32 Å². The molecule has 1 aromatic heterocycles. The number of aromatic nitrogens is 1. The van der Waals surface area contributed by atoms with Crippen LogP contribution in [0.15, 0.2) is 18.3 Å². The Kier molecular flexibility index (Phi) is 3.63. The molecule has 3 rings (SSSR count). The van der Waals surface area contributed by atoms with E-state index in [4.69, 9.17) is 10.00 Å². The number of ether oxygens (including phenoxy) is 1. The van der Waals surface area contributed by atoms with E-state index in [1.165, 1.54) is 5.75 Å². The second-order valence-corrected chi connectivity index (χ2v) is 6.32. The van der Waals surface area contributed by atoms with Crippen LogP contribution in [-0.4, -0.2) is 34.7 Å². The number of anilines is 1. The third-order valence-corrected chi connectivity index (χ3v) is 5.03. The zero-order valence-electron chi connectivity index (χ0n) is 10.8. The van der Waals surface area contributed by atoms with Crippen molar-refractivity contribution in [3.63, 3.8) is 0 Å². The van der Waals surface area contributed by atoms with E-state index in [0.29, 0.717) is 11.6 Å². The van der Waals surface area contributed by atoms with E-state index in [1.807, 2.05) is 17.8 Å². The highest BCUT2D eigenvalue weighted by atomic mass is 32.2. The Morgan fingerprint density at radius 3 is 3.16 bits per heavy atom. The maximum atomic E-state index is 8.76. The van der Waals surface area contributed by atoms with E-state index in [-0.39, 0.29) is 5.60 Å². The predicted molar refractivity (Wildman–Crippen MR) is 76.2 cm³/mol. The van der Waals surface area contributed by atoms with Gasteiger partial charge in [0.05, 0.1) is 11.2 Å². The lowest BCUT2D eigenvalue weighted by molar-refractivity contribution is -0.0628. The Hall–Kier alpha value is -1.25. The van der Waals surface area contributed by atoms with Gasteiger partial charge in [-0.15, -0.1) is 0 Å². The highest BCUT2D eigenvalue weighted by Crippen LogP contribution is 2.38. The van der Waals surface area contributed by atoms with E-state index < -0.39 is 0 Å². The molecule has 1 spiro atoms. The van der Waals surface area contributed by atoms with E-state index in [1.54, 1.807) is 12.3 Å². The van der Waals surface area contributed by atoms with Gasteiger partial charge in [0.2, 0.25) is 0 Å². The first kappa shape index (κ1) is 12.8. The fourth-order valence-electron chi connectivity index (χ4n) is 2.77. The Balaban J connectivity index is 1.64. The average molecular weight is 275 g/mol. The van der Waals surface area contributed by atoms with Gasteiger partial charge < -0.3 is 10.1 Å². The lowest BCUT2D eigenvalue weighted by atomic mass is 9.90. The van der Waals surface area contributed by atoms with Crippen molar-refractivity contribution in [3.05, 3.63) is 23.9 Å². The Labute approximate surface area is 117 Å². The van der Waals surface area contributed by atoms with Crippen molar-refractivity contribution in [1.82, 2.24) is 4.98 Å². The van der Waals surface area contributed by atoms with Gasteiger partial charge in [-0.05, 0) is 37.1 Å². The van der Waals surface area contributed by atoms with Crippen LogP contribution in [-0.2, 0) is 4.74 Å². The molecule has 0 aliphatic carbocycles. The summed E-state index contributed by atoms with van der Waals surface area (Å²) in [6, 6.07) is 6.19. The van der Waals surface area contributed by atoms with Gasteiger partial charge in [-0.25, -0.2) is 4.98 Å². The van der Waals surface area contributed by atoms with Gasteiger partial charge in [-0.3, -0.25) is 0 Å². The van der Waals surface area contributed by atoms with Gasteiger partial charge in [0.1, 0.15) is 11.9 Å². The molecule has 0 bridgehead atoms. The minimum atomic E-state index is 0.0905. The van der Waals surface area contributed by atoms with Crippen LogP contribution in [0.3, 0.4) is 0 Å². The molecule has 2 fully saturated rings. The number of nitrogens with zero attached hydrogens (tertiary/aromatic N) is 2. The summed E-state index contributed by atoms with van der Waals surface area (Å²) in [6.07, 6.45) is 4.86. The van der Waals surface area contributed by atoms with Gasteiger partial charge in [-0.1, -0.05) is 0 Å². The zero-order chi connectivity index (χ0) is 13.1. The van der Waals surface area contributed by atoms with Crippen molar-refractivity contribution in [3.8, 4) is 6.07 Å². The van der Waals surface area contributed by atoms with Crippen molar-refractivity contribution < 1.29 is 4.74 Å². The molecule has 2 aliphatic heterocycles. The molecule has 5 heteroatoms. The lowest BCUT2D eigenvalue weighted by Gasteiger charge is -2.38.